The number of carboxylic acid groups (broad SMARTS) is 1. The van der Waals surface area contributed by atoms with Crippen LogP contribution in [-0.2, 0) is 9.59 Å². The smallest absolute Gasteiger partial charge is 0.228 e. The molecule has 2 aromatic rings. The average molecular weight is 350 g/mol. The maximum absolute atomic E-state index is 12.4. The van der Waals surface area contributed by atoms with Gasteiger partial charge >= 0.3 is 0 Å². The standard InChI is InChI=1S/C21H21NO4/c1-14-5-4-6-17(13-14)26-16-11-9-15(10-12-16)22-20(23)18-7-2-3-8-19(18)21(24)25/h2-6,9-13,18-19H,7-8H2,1H3,(H,22,23)(H,24,25)/p-1/t18-,19-/m0/s1. The SMILES string of the molecule is Cc1cccc(Oc2ccc(NC(=O)[C@H]3CC=CC[C@@H]3C(=O)[O-])cc2)c1. The molecule has 1 N–H and O–H groups in total. The zero-order valence-electron chi connectivity index (χ0n) is 14.5. The molecule has 134 valence electrons. The van der Waals surface area contributed by atoms with Crippen molar-refractivity contribution in [2.75, 3.05) is 5.32 Å². The Kier molecular flexibility index (Phi) is 5.37. The van der Waals surface area contributed by atoms with Crippen LogP contribution in [0.25, 0.3) is 0 Å². The van der Waals surface area contributed by atoms with Gasteiger partial charge in [0.05, 0.1) is 5.92 Å². The van der Waals surface area contributed by atoms with E-state index in [2.05, 4.69) is 5.32 Å². The van der Waals surface area contributed by atoms with E-state index in [1.54, 1.807) is 30.3 Å². The largest absolute Gasteiger partial charge is 0.550 e. The van der Waals surface area contributed by atoms with Crippen molar-refractivity contribution in [2.24, 2.45) is 11.8 Å². The van der Waals surface area contributed by atoms with E-state index in [1.807, 2.05) is 37.3 Å². The molecule has 0 saturated heterocycles. The fourth-order valence-electron chi connectivity index (χ4n) is 3.02. The fraction of sp³-hybridized carbons (Fsp3) is 0.238. The molecule has 3 rings (SSSR count). The Morgan fingerprint density at radius 1 is 1.00 bits per heavy atom. The fourth-order valence-corrected chi connectivity index (χ4v) is 3.02. The molecule has 0 unspecified atom stereocenters. The molecular weight excluding hydrogens is 330 g/mol. The van der Waals surface area contributed by atoms with Crippen molar-refractivity contribution in [3.8, 4) is 11.5 Å². The van der Waals surface area contributed by atoms with Crippen molar-refractivity contribution in [3.05, 3.63) is 66.2 Å². The second-order valence-electron chi connectivity index (χ2n) is 6.41. The molecule has 0 spiro atoms. The lowest BCUT2D eigenvalue weighted by molar-refractivity contribution is -0.313. The summed E-state index contributed by atoms with van der Waals surface area (Å²) in [4.78, 5) is 23.7. The Labute approximate surface area is 152 Å². The first-order valence-electron chi connectivity index (χ1n) is 8.54. The van der Waals surface area contributed by atoms with Gasteiger partial charge in [-0.2, -0.15) is 0 Å². The van der Waals surface area contributed by atoms with Gasteiger partial charge in [0.2, 0.25) is 5.91 Å². The van der Waals surface area contributed by atoms with E-state index in [-0.39, 0.29) is 5.91 Å². The number of carbonyl (C=O) groups excluding carboxylic acids is 2. The number of amides is 1. The van der Waals surface area contributed by atoms with Crippen LogP contribution in [0.1, 0.15) is 18.4 Å². The number of rotatable bonds is 5. The van der Waals surface area contributed by atoms with Gasteiger partial charge in [0.1, 0.15) is 11.5 Å². The summed E-state index contributed by atoms with van der Waals surface area (Å²) >= 11 is 0. The summed E-state index contributed by atoms with van der Waals surface area (Å²) in [5.74, 6) is -1.50. The third kappa shape index (κ3) is 4.30. The molecule has 0 fully saturated rings. The number of ether oxygens (including phenoxy) is 1. The molecule has 2 atom stereocenters. The van der Waals surface area contributed by atoms with Crippen LogP contribution >= 0.6 is 0 Å². The Morgan fingerprint density at radius 2 is 1.69 bits per heavy atom. The second kappa shape index (κ2) is 7.87. The maximum atomic E-state index is 12.4. The number of hydrogen-bond acceptors (Lipinski definition) is 4. The topological polar surface area (TPSA) is 78.5 Å². The maximum Gasteiger partial charge on any atom is 0.228 e. The molecule has 0 saturated carbocycles. The summed E-state index contributed by atoms with van der Waals surface area (Å²) in [6.45, 7) is 1.99. The second-order valence-corrected chi connectivity index (χ2v) is 6.41. The van der Waals surface area contributed by atoms with Gasteiger partial charge in [0.15, 0.2) is 0 Å². The molecule has 0 aliphatic heterocycles. The Balaban J connectivity index is 1.64. The molecule has 1 aliphatic carbocycles. The highest BCUT2D eigenvalue weighted by Crippen LogP contribution is 2.28. The predicted octanol–water partition coefficient (Wildman–Crippen LogP) is 3.06. The first-order chi connectivity index (χ1) is 12.5. The number of aryl methyl sites for hydroxylation is 1. The van der Waals surface area contributed by atoms with Gasteiger partial charge in [-0.3, -0.25) is 4.79 Å². The number of carboxylic acids is 1. The van der Waals surface area contributed by atoms with Crippen LogP contribution in [0.4, 0.5) is 5.69 Å². The van der Waals surface area contributed by atoms with Gasteiger partial charge in [0.25, 0.3) is 0 Å². The summed E-state index contributed by atoms with van der Waals surface area (Å²) in [6, 6.07) is 14.7. The van der Waals surface area contributed by atoms with Gasteiger partial charge in [0, 0.05) is 17.6 Å². The average Bonchev–Trinajstić information content (AvgIpc) is 2.63. The van der Waals surface area contributed by atoms with Crippen molar-refractivity contribution in [2.45, 2.75) is 19.8 Å². The first kappa shape index (κ1) is 17.7. The van der Waals surface area contributed by atoms with Crippen LogP contribution < -0.4 is 15.2 Å². The van der Waals surface area contributed by atoms with Crippen LogP contribution in [0.3, 0.4) is 0 Å². The molecule has 0 aromatic heterocycles. The number of benzene rings is 2. The van der Waals surface area contributed by atoms with E-state index in [0.29, 0.717) is 24.3 Å². The molecular formula is C21H20NO4-. The normalized spacial score (nSPS) is 19.0. The van der Waals surface area contributed by atoms with Crippen molar-refractivity contribution in [3.63, 3.8) is 0 Å². The zero-order chi connectivity index (χ0) is 18.5. The highest BCUT2D eigenvalue weighted by atomic mass is 16.5. The highest BCUT2D eigenvalue weighted by Gasteiger charge is 2.29. The van der Waals surface area contributed by atoms with E-state index in [4.69, 9.17) is 4.74 Å². The first-order valence-corrected chi connectivity index (χ1v) is 8.54. The quantitative estimate of drug-likeness (QED) is 0.841. The van der Waals surface area contributed by atoms with Gasteiger partial charge in [-0.25, -0.2) is 0 Å². The van der Waals surface area contributed by atoms with E-state index in [0.717, 1.165) is 11.3 Å². The third-order valence-electron chi connectivity index (χ3n) is 4.42. The lowest BCUT2D eigenvalue weighted by Crippen LogP contribution is -2.41. The molecule has 5 heteroatoms. The molecule has 0 heterocycles. The lowest BCUT2D eigenvalue weighted by Gasteiger charge is -2.28. The summed E-state index contributed by atoms with van der Waals surface area (Å²) in [5, 5.41) is 14.0. The van der Waals surface area contributed by atoms with Gasteiger partial charge in [-0.15, -0.1) is 0 Å². The molecule has 0 radical (unpaired) electrons. The van der Waals surface area contributed by atoms with Gasteiger partial charge in [-0.05, 0) is 61.7 Å². The molecule has 1 aliphatic rings. The summed E-state index contributed by atoms with van der Waals surface area (Å²) in [5.41, 5.74) is 1.70. The Bertz CT molecular complexity index is 826. The zero-order valence-corrected chi connectivity index (χ0v) is 14.5. The van der Waals surface area contributed by atoms with Crippen molar-refractivity contribution >= 4 is 17.6 Å². The van der Waals surface area contributed by atoms with E-state index in [1.165, 1.54) is 0 Å². The van der Waals surface area contributed by atoms with E-state index in [9.17, 15) is 14.7 Å². The number of allylic oxidation sites excluding steroid dienone is 2. The minimum atomic E-state index is -1.18. The number of hydrogen-bond donors (Lipinski definition) is 1. The van der Waals surface area contributed by atoms with Crippen molar-refractivity contribution < 1.29 is 19.4 Å². The number of aliphatic carboxylic acids is 1. The number of nitrogens with one attached hydrogen (secondary N) is 1. The van der Waals surface area contributed by atoms with Gasteiger partial charge < -0.3 is 20.0 Å². The van der Waals surface area contributed by atoms with Crippen LogP contribution in [0.5, 0.6) is 11.5 Å². The summed E-state index contributed by atoms with van der Waals surface area (Å²) < 4.78 is 5.78. The van der Waals surface area contributed by atoms with E-state index < -0.39 is 17.8 Å². The molecule has 26 heavy (non-hydrogen) atoms. The van der Waals surface area contributed by atoms with Crippen LogP contribution in [0.2, 0.25) is 0 Å². The molecule has 0 bridgehead atoms. The van der Waals surface area contributed by atoms with Crippen LogP contribution in [0.15, 0.2) is 60.7 Å². The summed E-state index contributed by atoms with van der Waals surface area (Å²) in [6.07, 6.45) is 4.34. The molecule has 2 aromatic carbocycles. The minimum Gasteiger partial charge on any atom is -0.550 e. The van der Waals surface area contributed by atoms with Crippen LogP contribution in [-0.4, -0.2) is 11.9 Å². The lowest BCUT2D eigenvalue weighted by atomic mass is 9.82. The molecule has 5 nitrogen and oxygen atoms in total. The Hall–Kier alpha value is -3.08. The van der Waals surface area contributed by atoms with Crippen molar-refractivity contribution in [1.29, 1.82) is 0 Å². The monoisotopic (exact) mass is 350 g/mol. The highest BCUT2D eigenvalue weighted by molar-refractivity contribution is 5.95. The Morgan fingerprint density at radius 3 is 2.35 bits per heavy atom. The van der Waals surface area contributed by atoms with Crippen molar-refractivity contribution in [1.82, 2.24) is 0 Å². The summed E-state index contributed by atoms with van der Waals surface area (Å²) in [7, 11) is 0. The predicted molar refractivity (Wildman–Crippen MR) is 96.7 cm³/mol. The van der Waals surface area contributed by atoms with E-state index >= 15 is 0 Å². The van der Waals surface area contributed by atoms with Crippen LogP contribution in [0, 0.1) is 18.8 Å². The minimum absolute atomic E-state index is 0.309. The molecule has 1 amide bonds. The van der Waals surface area contributed by atoms with Gasteiger partial charge in [-0.1, -0.05) is 24.3 Å². The number of anilines is 1. The third-order valence-corrected chi connectivity index (χ3v) is 4.42. The number of carbonyl (C=O) groups is 2.